The normalized spacial score (nSPS) is 13.2. The van der Waals surface area contributed by atoms with Crippen LogP contribution in [0.4, 0.5) is 17.1 Å². The topological polar surface area (TPSA) is 212 Å². The number of fused-ring (bicyclic) bond motifs is 1. The van der Waals surface area contributed by atoms with E-state index in [1.54, 1.807) is 0 Å². The van der Waals surface area contributed by atoms with Gasteiger partial charge in [0.1, 0.15) is 5.69 Å². The third-order valence-electron chi connectivity index (χ3n) is 4.60. The molecule has 0 radical (unpaired) electrons. The number of phenols is 1. The number of amides is 1. The van der Waals surface area contributed by atoms with Gasteiger partial charge in [-0.2, -0.15) is 13.5 Å². The van der Waals surface area contributed by atoms with E-state index in [9.17, 15) is 35.5 Å². The molecule has 1 amide bonds. The fraction of sp³-hybridized carbons (Fsp3) is 0.150. The van der Waals surface area contributed by atoms with E-state index in [0.29, 0.717) is 11.1 Å². The van der Waals surface area contributed by atoms with Crippen LogP contribution < -0.4 is 5.32 Å². The van der Waals surface area contributed by atoms with Gasteiger partial charge >= 0.3 is 10.4 Å². The van der Waals surface area contributed by atoms with Crippen molar-refractivity contribution in [1.29, 1.82) is 0 Å². The lowest BCUT2D eigenvalue weighted by atomic mass is 10.1. The molecule has 13 nitrogen and oxygen atoms in total. The Labute approximate surface area is 208 Å². The second kappa shape index (κ2) is 10.8. The van der Waals surface area contributed by atoms with Gasteiger partial charge in [0.15, 0.2) is 15.6 Å². The predicted molar refractivity (Wildman–Crippen MR) is 127 cm³/mol. The van der Waals surface area contributed by atoms with Crippen molar-refractivity contribution < 1.29 is 44.2 Å². The minimum atomic E-state index is -4.78. The van der Waals surface area contributed by atoms with Crippen LogP contribution in [0.5, 0.6) is 5.75 Å². The quantitative estimate of drug-likeness (QED) is 0.199. The zero-order valence-corrected chi connectivity index (χ0v) is 20.8. The first-order valence-corrected chi connectivity index (χ1v) is 13.9. The first kappa shape index (κ1) is 27.3. The molecule has 3 N–H and O–H groups in total. The van der Waals surface area contributed by atoms with Gasteiger partial charge in [-0.3, -0.25) is 13.6 Å². The van der Waals surface area contributed by atoms with Gasteiger partial charge in [0.2, 0.25) is 5.91 Å². The van der Waals surface area contributed by atoms with E-state index >= 15 is 0 Å². The Bertz CT molecular complexity index is 1590. The number of carbonyl (C=O) groups is 1. The number of hydrogen-bond acceptors (Lipinski definition) is 11. The fourth-order valence-electron chi connectivity index (χ4n) is 3.05. The summed E-state index contributed by atoms with van der Waals surface area (Å²) in [5, 5.41) is 21.5. The van der Waals surface area contributed by atoms with Crippen molar-refractivity contribution >= 4 is 65.1 Å². The fourth-order valence-corrected chi connectivity index (χ4v) is 5.06. The molecule has 0 fully saturated rings. The second-order valence-corrected chi connectivity index (χ2v) is 11.3. The van der Waals surface area contributed by atoms with Gasteiger partial charge in [0, 0.05) is 18.0 Å². The summed E-state index contributed by atoms with van der Waals surface area (Å²) in [6.45, 7) is 0.523. The maximum absolute atomic E-state index is 12.2. The molecular weight excluding hydrogens is 538 g/mol. The molecule has 16 heteroatoms. The summed E-state index contributed by atoms with van der Waals surface area (Å²) in [5.74, 6) is -1.52. The van der Waals surface area contributed by atoms with E-state index in [2.05, 4.69) is 19.7 Å². The number of rotatable bonds is 9. The second-order valence-electron chi connectivity index (χ2n) is 7.19. The molecule has 0 aromatic heterocycles. The number of nitrogens with zero attached hydrogens (tertiary/aromatic N) is 2. The summed E-state index contributed by atoms with van der Waals surface area (Å²) in [5.41, 5.74) is 0.166. The Morgan fingerprint density at radius 3 is 2.33 bits per heavy atom. The number of aromatic hydroxyl groups is 1. The Balaban J connectivity index is 1.90. The zero-order chi connectivity index (χ0) is 26.7. The third kappa shape index (κ3) is 6.90. The summed E-state index contributed by atoms with van der Waals surface area (Å²) >= 11 is -2.81. The van der Waals surface area contributed by atoms with Crippen molar-refractivity contribution in [3.8, 4) is 5.75 Å². The lowest BCUT2D eigenvalue weighted by Crippen LogP contribution is -2.15. The van der Waals surface area contributed by atoms with E-state index in [1.807, 2.05) is 0 Å². The molecule has 3 aromatic carbocycles. The highest BCUT2D eigenvalue weighted by atomic mass is 32.3. The van der Waals surface area contributed by atoms with Crippen LogP contribution in [0.1, 0.15) is 6.92 Å². The molecule has 0 spiro atoms. The number of hydrogen-bond donors (Lipinski definition) is 3. The number of nitrogens with one attached hydrogen (secondary N) is 1. The van der Waals surface area contributed by atoms with E-state index in [1.165, 1.54) is 43.3 Å². The largest absolute Gasteiger partial charge is 0.768 e. The molecule has 1 unspecified atom stereocenters. The molecule has 192 valence electrons. The number of anilines is 1. The molecule has 3 aromatic rings. The first-order valence-electron chi connectivity index (χ1n) is 9.80. The van der Waals surface area contributed by atoms with E-state index in [4.69, 9.17) is 4.55 Å². The van der Waals surface area contributed by atoms with E-state index in [-0.39, 0.29) is 32.5 Å². The van der Waals surface area contributed by atoms with Crippen molar-refractivity contribution in [3.05, 3.63) is 48.5 Å². The zero-order valence-electron chi connectivity index (χ0n) is 18.3. The maximum atomic E-state index is 12.2. The van der Waals surface area contributed by atoms with Crippen molar-refractivity contribution in [1.82, 2.24) is 0 Å². The molecule has 36 heavy (non-hydrogen) atoms. The standard InChI is InChI=1S/C20H19N3O10S3/c1-12(24)21-15-4-7-17-13(10-15)11-18(34(26)27)19(20(17)25)23-22-14-2-5-16(6-3-14)35(28,29)9-8-33-36(30,31)32/h2-7,10-11,25H,8-9H2,1H3,(H,21,24)(H,26,27)(H,30,31,32)/p-1. The van der Waals surface area contributed by atoms with Crippen LogP contribution >= 0.6 is 0 Å². The van der Waals surface area contributed by atoms with Gasteiger partial charge < -0.3 is 15.0 Å². The minimum Gasteiger partial charge on any atom is -0.768 e. The smallest absolute Gasteiger partial charge is 0.397 e. The van der Waals surface area contributed by atoms with E-state index < -0.39 is 49.4 Å². The molecular formula is C20H18N3O10S3-. The summed E-state index contributed by atoms with van der Waals surface area (Å²) in [6.07, 6.45) is 0. The van der Waals surface area contributed by atoms with Gasteiger partial charge in [0.25, 0.3) is 0 Å². The average molecular weight is 557 g/mol. The summed E-state index contributed by atoms with van der Waals surface area (Å²) in [7, 11) is -8.72. The van der Waals surface area contributed by atoms with Gasteiger partial charge in [-0.05, 0) is 65.0 Å². The lowest BCUT2D eigenvalue weighted by Gasteiger charge is -2.13. The Morgan fingerprint density at radius 2 is 1.75 bits per heavy atom. The highest BCUT2D eigenvalue weighted by Gasteiger charge is 2.17. The van der Waals surface area contributed by atoms with Gasteiger partial charge in [0.05, 0.1) is 27.8 Å². The van der Waals surface area contributed by atoms with Crippen molar-refractivity contribution in [2.24, 2.45) is 10.2 Å². The summed E-state index contributed by atoms with van der Waals surface area (Å²) in [6, 6.07) is 10.5. The van der Waals surface area contributed by atoms with Crippen molar-refractivity contribution in [2.75, 3.05) is 17.7 Å². The van der Waals surface area contributed by atoms with Gasteiger partial charge in [-0.15, -0.1) is 5.11 Å². The number of carbonyl (C=O) groups excluding carboxylic acids is 1. The van der Waals surface area contributed by atoms with Crippen LogP contribution in [0.15, 0.2) is 68.6 Å². The van der Waals surface area contributed by atoms with Crippen LogP contribution in [0.25, 0.3) is 10.8 Å². The van der Waals surface area contributed by atoms with Crippen LogP contribution in [0.3, 0.4) is 0 Å². The number of sulfone groups is 1. The highest BCUT2D eigenvalue weighted by molar-refractivity contribution is 7.91. The molecule has 0 aliphatic carbocycles. The van der Waals surface area contributed by atoms with Crippen LogP contribution in [-0.2, 0) is 40.3 Å². The SMILES string of the molecule is CC(=O)Nc1ccc2c(O)c(N=Nc3ccc(S(=O)(=O)CCOS(=O)(=O)O)cc3)c(S(=O)[O-])cc2c1. The predicted octanol–water partition coefficient (Wildman–Crippen LogP) is 2.75. The van der Waals surface area contributed by atoms with Crippen LogP contribution in [0, 0.1) is 0 Å². The van der Waals surface area contributed by atoms with Gasteiger partial charge in [-0.25, -0.2) is 12.6 Å². The number of phenolic OH excluding ortho intramolecular Hbond substituents is 1. The summed E-state index contributed by atoms with van der Waals surface area (Å²) < 4.78 is 81.7. The number of azo groups is 1. The summed E-state index contributed by atoms with van der Waals surface area (Å²) in [4.78, 5) is 10.7. The molecule has 0 bridgehead atoms. The molecule has 3 rings (SSSR count). The Kier molecular flexibility index (Phi) is 8.17. The van der Waals surface area contributed by atoms with Crippen LogP contribution in [-0.4, -0.2) is 53.5 Å². The van der Waals surface area contributed by atoms with Crippen molar-refractivity contribution in [3.63, 3.8) is 0 Å². The van der Waals surface area contributed by atoms with Crippen LogP contribution in [0.2, 0.25) is 0 Å². The molecule has 0 aliphatic rings. The monoisotopic (exact) mass is 556 g/mol. The Morgan fingerprint density at radius 1 is 1.08 bits per heavy atom. The van der Waals surface area contributed by atoms with Gasteiger partial charge in [-0.1, -0.05) is 0 Å². The minimum absolute atomic E-state index is 0.117. The lowest BCUT2D eigenvalue weighted by molar-refractivity contribution is -0.114. The first-order chi connectivity index (χ1) is 16.8. The molecule has 0 aliphatic heterocycles. The van der Waals surface area contributed by atoms with E-state index in [0.717, 1.165) is 12.1 Å². The molecule has 0 heterocycles. The Hall–Kier alpha value is -3.28. The molecule has 1 atom stereocenters. The molecule has 0 saturated heterocycles. The average Bonchev–Trinajstić information content (AvgIpc) is 2.77. The number of benzene rings is 3. The maximum Gasteiger partial charge on any atom is 0.397 e. The van der Waals surface area contributed by atoms with Crippen molar-refractivity contribution in [2.45, 2.75) is 16.7 Å². The molecule has 0 saturated carbocycles. The highest BCUT2D eigenvalue weighted by Crippen LogP contribution is 2.41. The third-order valence-corrected chi connectivity index (χ3v) is 7.43.